The number of likely N-dealkylation sites (N-methyl/N-ethyl adjacent to an activating group) is 1. The quantitative estimate of drug-likeness (QED) is 0.638. The number of ether oxygens (including phenoxy) is 4. The molecule has 24 heavy (non-hydrogen) atoms. The standard InChI is InChI=1S/C14H21N3O6S/c1-15-10(19)7-22-12-11(21-3)8(6-20-2)23-13(12)17-5-4-9(18)16-14(17)24/h4-5,8,11-13H,6-7H2,1-3H3,(H,15,19)(H,16,18,24)/t8-,11?,12?,13-/m1/s1. The number of nitrogens with zero attached hydrogens (tertiary/aromatic N) is 1. The van der Waals surface area contributed by atoms with Crippen molar-refractivity contribution in [2.75, 3.05) is 34.5 Å². The molecule has 134 valence electrons. The van der Waals surface area contributed by atoms with E-state index in [1.807, 2.05) is 0 Å². The summed E-state index contributed by atoms with van der Waals surface area (Å²) >= 11 is 5.19. The van der Waals surface area contributed by atoms with Gasteiger partial charge in [0.1, 0.15) is 24.9 Å². The van der Waals surface area contributed by atoms with Crippen LogP contribution in [0.4, 0.5) is 0 Å². The molecule has 2 heterocycles. The van der Waals surface area contributed by atoms with E-state index in [9.17, 15) is 9.59 Å². The first-order valence-corrected chi connectivity index (χ1v) is 7.73. The Bertz CT molecular complexity index is 675. The second-order valence-electron chi connectivity index (χ2n) is 5.19. The van der Waals surface area contributed by atoms with E-state index in [1.54, 1.807) is 11.7 Å². The zero-order valence-electron chi connectivity index (χ0n) is 13.7. The minimum absolute atomic E-state index is 0.155. The number of methoxy groups -OCH3 is 2. The maximum absolute atomic E-state index is 11.5. The minimum atomic E-state index is -0.663. The first-order valence-electron chi connectivity index (χ1n) is 7.32. The number of amides is 1. The van der Waals surface area contributed by atoms with Crippen molar-refractivity contribution in [3.8, 4) is 0 Å². The second-order valence-corrected chi connectivity index (χ2v) is 5.57. The Morgan fingerprint density at radius 1 is 1.46 bits per heavy atom. The zero-order valence-corrected chi connectivity index (χ0v) is 14.5. The van der Waals surface area contributed by atoms with Gasteiger partial charge in [-0.1, -0.05) is 0 Å². The average molecular weight is 359 g/mol. The number of carbonyl (C=O) groups excluding carboxylic acids is 1. The molecule has 9 nitrogen and oxygen atoms in total. The molecule has 1 fully saturated rings. The molecule has 2 unspecified atom stereocenters. The normalized spacial score (nSPS) is 26.5. The van der Waals surface area contributed by atoms with E-state index in [0.29, 0.717) is 0 Å². The number of hydrogen-bond donors (Lipinski definition) is 2. The Labute approximate surface area is 143 Å². The van der Waals surface area contributed by atoms with Gasteiger partial charge in [-0.2, -0.15) is 0 Å². The fourth-order valence-corrected chi connectivity index (χ4v) is 2.83. The summed E-state index contributed by atoms with van der Waals surface area (Å²) in [6.07, 6.45) is -0.625. The first kappa shape index (κ1) is 18.7. The lowest BCUT2D eigenvalue weighted by molar-refractivity contribution is -0.133. The van der Waals surface area contributed by atoms with Crippen LogP contribution in [0.5, 0.6) is 0 Å². The summed E-state index contributed by atoms with van der Waals surface area (Å²) in [6.45, 7) is 0.128. The third kappa shape index (κ3) is 4.08. The molecule has 1 aromatic rings. The highest BCUT2D eigenvalue weighted by Crippen LogP contribution is 2.33. The molecule has 0 bridgehead atoms. The average Bonchev–Trinajstić information content (AvgIpc) is 2.90. The van der Waals surface area contributed by atoms with Crippen LogP contribution >= 0.6 is 12.2 Å². The fourth-order valence-electron chi connectivity index (χ4n) is 2.56. The molecule has 2 N–H and O–H groups in total. The topological polar surface area (TPSA) is 104 Å². The summed E-state index contributed by atoms with van der Waals surface area (Å²) in [6, 6.07) is 1.33. The van der Waals surface area contributed by atoms with E-state index in [2.05, 4.69) is 10.3 Å². The number of rotatable bonds is 7. The molecule has 4 atom stereocenters. The monoisotopic (exact) mass is 359 g/mol. The summed E-state index contributed by atoms with van der Waals surface area (Å²) in [5.74, 6) is -0.274. The third-order valence-corrected chi connectivity index (χ3v) is 4.01. The van der Waals surface area contributed by atoms with Gasteiger partial charge in [0, 0.05) is 33.5 Å². The Balaban J connectivity index is 2.32. The van der Waals surface area contributed by atoms with Crippen LogP contribution in [0, 0.1) is 4.77 Å². The van der Waals surface area contributed by atoms with Crippen LogP contribution < -0.4 is 10.9 Å². The van der Waals surface area contributed by atoms with Crippen molar-refractivity contribution in [3.63, 3.8) is 0 Å². The molecular formula is C14H21N3O6S. The molecule has 0 radical (unpaired) electrons. The smallest absolute Gasteiger partial charge is 0.251 e. The molecule has 1 aliphatic rings. The molecule has 10 heteroatoms. The Kier molecular flexibility index (Phi) is 6.63. The number of nitrogens with one attached hydrogen (secondary N) is 2. The molecular weight excluding hydrogens is 338 g/mol. The van der Waals surface area contributed by atoms with E-state index < -0.39 is 24.5 Å². The zero-order chi connectivity index (χ0) is 17.7. The van der Waals surface area contributed by atoms with E-state index in [0.717, 1.165) is 0 Å². The first-order chi connectivity index (χ1) is 11.5. The summed E-state index contributed by atoms with van der Waals surface area (Å²) in [5, 5.41) is 2.49. The Hall–Kier alpha value is -1.59. The van der Waals surface area contributed by atoms with Crippen LogP contribution in [0.25, 0.3) is 0 Å². The number of H-pyrrole nitrogens is 1. The molecule has 1 aromatic heterocycles. The number of carbonyl (C=O) groups is 1. The van der Waals surface area contributed by atoms with Crippen LogP contribution in [0.1, 0.15) is 6.23 Å². The van der Waals surface area contributed by atoms with Crippen LogP contribution in [0.3, 0.4) is 0 Å². The third-order valence-electron chi connectivity index (χ3n) is 3.70. The fraction of sp³-hybridized carbons (Fsp3) is 0.643. The van der Waals surface area contributed by atoms with Gasteiger partial charge in [0.05, 0.1) is 6.61 Å². The lowest BCUT2D eigenvalue weighted by Crippen LogP contribution is -2.39. The van der Waals surface area contributed by atoms with Crippen molar-refractivity contribution < 1.29 is 23.7 Å². The molecule has 0 saturated carbocycles. The van der Waals surface area contributed by atoms with Crippen molar-refractivity contribution in [2.45, 2.75) is 24.5 Å². The van der Waals surface area contributed by atoms with Gasteiger partial charge in [0.2, 0.25) is 5.91 Å². The Morgan fingerprint density at radius 3 is 2.79 bits per heavy atom. The second kappa shape index (κ2) is 8.49. The summed E-state index contributed by atoms with van der Waals surface area (Å²) < 4.78 is 24.1. The molecule has 0 spiro atoms. The van der Waals surface area contributed by atoms with Crippen molar-refractivity contribution in [1.82, 2.24) is 14.9 Å². The summed E-state index contributed by atoms with van der Waals surface area (Å²) in [4.78, 5) is 25.4. The maximum atomic E-state index is 11.5. The highest BCUT2D eigenvalue weighted by atomic mass is 32.1. The Morgan fingerprint density at radius 2 is 2.21 bits per heavy atom. The van der Waals surface area contributed by atoms with E-state index >= 15 is 0 Å². The number of aromatic nitrogens is 2. The highest BCUT2D eigenvalue weighted by molar-refractivity contribution is 7.71. The van der Waals surface area contributed by atoms with Crippen LogP contribution in [-0.4, -0.2) is 68.3 Å². The molecule has 0 aromatic carbocycles. The largest absolute Gasteiger partial charge is 0.382 e. The molecule has 1 aliphatic heterocycles. The minimum Gasteiger partial charge on any atom is -0.382 e. The van der Waals surface area contributed by atoms with Crippen molar-refractivity contribution in [2.24, 2.45) is 0 Å². The molecule has 2 rings (SSSR count). The van der Waals surface area contributed by atoms with Gasteiger partial charge < -0.3 is 24.3 Å². The predicted octanol–water partition coefficient (Wildman–Crippen LogP) is -0.404. The van der Waals surface area contributed by atoms with Crippen LogP contribution in [0.2, 0.25) is 0 Å². The maximum Gasteiger partial charge on any atom is 0.251 e. The van der Waals surface area contributed by atoms with E-state index in [4.69, 9.17) is 31.2 Å². The highest BCUT2D eigenvalue weighted by Gasteiger charge is 2.47. The SMILES string of the molecule is CNC(=O)COC1C(OC)[C@@H](COC)O[C@H]1n1ccc(=O)[nH]c1=S. The van der Waals surface area contributed by atoms with Crippen LogP contribution in [-0.2, 0) is 23.7 Å². The van der Waals surface area contributed by atoms with Gasteiger partial charge in [0.15, 0.2) is 11.0 Å². The van der Waals surface area contributed by atoms with E-state index in [1.165, 1.54) is 26.4 Å². The van der Waals surface area contributed by atoms with E-state index in [-0.39, 0.29) is 29.5 Å². The van der Waals surface area contributed by atoms with Gasteiger partial charge in [-0.15, -0.1) is 0 Å². The molecule has 0 aliphatic carbocycles. The summed E-state index contributed by atoms with van der Waals surface area (Å²) in [5.41, 5.74) is -0.311. The predicted molar refractivity (Wildman–Crippen MR) is 86.3 cm³/mol. The van der Waals surface area contributed by atoms with Crippen LogP contribution in [0.15, 0.2) is 17.1 Å². The molecule has 1 amide bonds. The lowest BCUT2D eigenvalue weighted by atomic mass is 10.1. The van der Waals surface area contributed by atoms with Crippen molar-refractivity contribution in [3.05, 3.63) is 27.4 Å². The van der Waals surface area contributed by atoms with Crippen molar-refractivity contribution in [1.29, 1.82) is 0 Å². The number of hydrogen-bond acceptors (Lipinski definition) is 7. The van der Waals surface area contributed by atoms with Gasteiger partial charge in [0.25, 0.3) is 5.56 Å². The van der Waals surface area contributed by atoms with Gasteiger partial charge >= 0.3 is 0 Å². The lowest BCUT2D eigenvalue weighted by Gasteiger charge is -2.24. The molecule has 1 saturated heterocycles. The summed E-state index contributed by atoms with van der Waals surface area (Å²) in [7, 11) is 4.60. The van der Waals surface area contributed by atoms with Gasteiger partial charge in [-0.25, -0.2) is 0 Å². The number of aromatic amines is 1. The van der Waals surface area contributed by atoms with Crippen molar-refractivity contribution >= 4 is 18.1 Å². The van der Waals surface area contributed by atoms with Gasteiger partial charge in [-0.3, -0.25) is 19.1 Å². The van der Waals surface area contributed by atoms with Gasteiger partial charge in [-0.05, 0) is 12.2 Å².